The number of carbonyl (C=O) groups excluding carboxylic acids is 1. The molecule has 1 aromatic heterocycles. The third kappa shape index (κ3) is 3.21. The average Bonchev–Trinajstić information content (AvgIpc) is 2.29. The lowest BCUT2D eigenvalue weighted by Crippen LogP contribution is -2.26. The van der Waals surface area contributed by atoms with E-state index in [1.165, 1.54) is 7.11 Å². The van der Waals surface area contributed by atoms with Crippen molar-refractivity contribution in [3.05, 3.63) is 23.9 Å². The highest BCUT2D eigenvalue weighted by Crippen LogP contribution is 2.12. The number of hydrogen-bond acceptors (Lipinski definition) is 4. The first kappa shape index (κ1) is 11.5. The molecular formula is C10H15N3O2. The lowest BCUT2D eigenvalue weighted by atomic mass is 10.2. The van der Waals surface area contributed by atoms with Crippen LogP contribution in [0.5, 0.6) is 5.88 Å². The number of amides is 1. The summed E-state index contributed by atoms with van der Waals surface area (Å²) in [6.07, 6.45) is 2.34. The quantitative estimate of drug-likeness (QED) is 0.678. The molecule has 15 heavy (non-hydrogen) atoms. The van der Waals surface area contributed by atoms with Gasteiger partial charge in [-0.05, 0) is 25.1 Å². The molecule has 5 nitrogen and oxygen atoms in total. The van der Waals surface area contributed by atoms with Crippen molar-refractivity contribution < 1.29 is 9.53 Å². The maximum Gasteiger partial charge on any atom is 0.256 e. The Balaban J connectivity index is 2.64. The second-order valence-corrected chi connectivity index (χ2v) is 2.96. The lowest BCUT2D eigenvalue weighted by Gasteiger charge is -2.07. The highest BCUT2D eigenvalue weighted by Gasteiger charge is 2.11. The summed E-state index contributed by atoms with van der Waals surface area (Å²) in [5.41, 5.74) is 5.76. The van der Waals surface area contributed by atoms with Crippen LogP contribution in [0.1, 0.15) is 16.8 Å². The minimum absolute atomic E-state index is 0.187. The standard InChI is InChI=1S/C10H15N3O2/c1-15-10-8(4-2-6-13-10)9(14)12-7-3-5-11/h2,4,6H,3,5,7,11H2,1H3,(H,12,14). The van der Waals surface area contributed by atoms with E-state index in [0.717, 1.165) is 6.42 Å². The van der Waals surface area contributed by atoms with Crippen molar-refractivity contribution in [1.29, 1.82) is 0 Å². The van der Waals surface area contributed by atoms with E-state index in [1.807, 2.05) is 0 Å². The Morgan fingerprint density at radius 3 is 3.13 bits per heavy atom. The number of hydrogen-bond donors (Lipinski definition) is 2. The van der Waals surface area contributed by atoms with Gasteiger partial charge in [-0.25, -0.2) is 4.98 Å². The van der Waals surface area contributed by atoms with Crippen LogP contribution in [0.2, 0.25) is 0 Å². The van der Waals surface area contributed by atoms with Gasteiger partial charge in [-0.15, -0.1) is 0 Å². The molecule has 1 heterocycles. The topological polar surface area (TPSA) is 77.2 Å². The molecule has 0 aromatic carbocycles. The molecule has 0 spiro atoms. The maximum atomic E-state index is 11.6. The number of aromatic nitrogens is 1. The number of rotatable bonds is 5. The molecule has 0 aliphatic heterocycles. The van der Waals surface area contributed by atoms with E-state index in [2.05, 4.69) is 10.3 Å². The third-order valence-electron chi connectivity index (χ3n) is 1.88. The second-order valence-electron chi connectivity index (χ2n) is 2.96. The first-order chi connectivity index (χ1) is 7.29. The number of nitrogens with two attached hydrogens (primary N) is 1. The van der Waals surface area contributed by atoms with E-state index in [-0.39, 0.29) is 5.91 Å². The summed E-state index contributed by atoms with van der Waals surface area (Å²) in [6, 6.07) is 3.37. The fourth-order valence-electron chi connectivity index (χ4n) is 1.13. The van der Waals surface area contributed by atoms with Crippen LogP contribution in [0.4, 0.5) is 0 Å². The van der Waals surface area contributed by atoms with E-state index >= 15 is 0 Å². The Hall–Kier alpha value is -1.62. The van der Waals surface area contributed by atoms with Crippen LogP contribution < -0.4 is 15.8 Å². The predicted octanol–water partition coefficient (Wildman–Crippen LogP) is 0.169. The third-order valence-corrected chi connectivity index (χ3v) is 1.88. The Labute approximate surface area is 88.6 Å². The molecule has 5 heteroatoms. The number of pyridine rings is 1. The van der Waals surface area contributed by atoms with Gasteiger partial charge in [-0.2, -0.15) is 0 Å². The molecule has 82 valence electrons. The minimum atomic E-state index is -0.187. The van der Waals surface area contributed by atoms with Crippen molar-refractivity contribution in [2.75, 3.05) is 20.2 Å². The van der Waals surface area contributed by atoms with E-state index in [0.29, 0.717) is 24.5 Å². The van der Waals surface area contributed by atoms with Gasteiger partial charge in [0, 0.05) is 12.7 Å². The fourth-order valence-corrected chi connectivity index (χ4v) is 1.13. The van der Waals surface area contributed by atoms with E-state index < -0.39 is 0 Å². The molecule has 0 saturated heterocycles. The molecule has 0 bridgehead atoms. The van der Waals surface area contributed by atoms with Crippen molar-refractivity contribution in [2.24, 2.45) is 5.73 Å². The summed E-state index contributed by atoms with van der Waals surface area (Å²) in [7, 11) is 1.49. The first-order valence-electron chi connectivity index (χ1n) is 4.77. The van der Waals surface area contributed by atoms with Gasteiger partial charge in [0.2, 0.25) is 5.88 Å². The summed E-state index contributed by atoms with van der Waals surface area (Å²) >= 11 is 0. The van der Waals surface area contributed by atoms with Crippen LogP contribution in [0.25, 0.3) is 0 Å². The molecule has 0 fully saturated rings. The van der Waals surface area contributed by atoms with Crippen molar-refractivity contribution in [2.45, 2.75) is 6.42 Å². The van der Waals surface area contributed by atoms with E-state index in [4.69, 9.17) is 10.5 Å². The Morgan fingerprint density at radius 2 is 2.47 bits per heavy atom. The zero-order valence-corrected chi connectivity index (χ0v) is 8.69. The molecule has 0 unspecified atom stereocenters. The summed E-state index contributed by atoms with van der Waals surface area (Å²) < 4.78 is 4.98. The summed E-state index contributed by atoms with van der Waals surface area (Å²) in [4.78, 5) is 15.6. The zero-order valence-electron chi connectivity index (χ0n) is 8.69. The number of ether oxygens (including phenoxy) is 1. The SMILES string of the molecule is COc1ncccc1C(=O)NCCCN. The predicted molar refractivity (Wildman–Crippen MR) is 56.8 cm³/mol. The highest BCUT2D eigenvalue weighted by atomic mass is 16.5. The summed E-state index contributed by atoms with van der Waals surface area (Å²) in [5, 5.41) is 2.74. The van der Waals surface area contributed by atoms with Crippen LogP contribution in [0.3, 0.4) is 0 Å². The van der Waals surface area contributed by atoms with E-state index in [9.17, 15) is 4.79 Å². The molecule has 0 aliphatic rings. The van der Waals surface area contributed by atoms with Gasteiger partial charge in [0.25, 0.3) is 5.91 Å². The highest BCUT2D eigenvalue weighted by molar-refractivity contribution is 5.96. The normalized spacial score (nSPS) is 9.73. The number of methoxy groups -OCH3 is 1. The monoisotopic (exact) mass is 209 g/mol. The van der Waals surface area contributed by atoms with Crippen LogP contribution >= 0.6 is 0 Å². The largest absolute Gasteiger partial charge is 0.480 e. The number of carbonyl (C=O) groups is 1. The molecule has 1 amide bonds. The fraction of sp³-hybridized carbons (Fsp3) is 0.400. The van der Waals surface area contributed by atoms with Gasteiger partial charge in [0.15, 0.2) is 0 Å². The lowest BCUT2D eigenvalue weighted by molar-refractivity contribution is 0.0949. The smallest absolute Gasteiger partial charge is 0.256 e. The van der Waals surface area contributed by atoms with Crippen molar-refractivity contribution in [1.82, 2.24) is 10.3 Å². The first-order valence-corrected chi connectivity index (χ1v) is 4.77. The molecule has 1 rings (SSSR count). The van der Waals surface area contributed by atoms with Crippen LogP contribution in [0.15, 0.2) is 18.3 Å². The molecule has 0 radical (unpaired) electrons. The molecule has 0 saturated carbocycles. The van der Waals surface area contributed by atoms with Crippen LogP contribution in [-0.2, 0) is 0 Å². The van der Waals surface area contributed by atoms with Crippen LogP contribution in [-0.4, -0.2) is 31.1 Å². The molecular weight excluding hydrogens is 194 g/mol. The van der Waals surface area contributed by atoms with Gasteiger partial charge >= 0.3 is 0 Å². The zero-order chi connectivity index (χ0) is 11.1. The van der Waals surface area contributed by atoms with Crippen molar-refractivity contribution in [3.63, 3.8) is 0 Å². The minimum Gasteiger partial charge on any atom is -0.480 e. The van der Waals surface area contributed by atoms with Gasteiger partial charge < -0.3 is 15.8 Å². The number of nitrogens with one attached hydrogen (secondary N) is 1. The molecule has 1 aromatic rings. The molecule has 0 aliphatic carbocycles. The molecule has 3 N–H and O–H groups in total. The van der Waals surface area contributed by atoms with Gasteiger partial charge in [-0.1, -0.05) is 0 Å². The van der Waals surface area contributed by atoms with Crippen molar-refractivity contribution >= 4 is 5.91 Å². The Kier molecular flexibility index (Phi) is 4.56. The van der Waals surface area contributed by atoms with Gasteiger partial charge in [0.05, 0.1) is 7.11 Å². The van der Waals surface area contributed by atoms with Crippen molar-refractivity contribution in [3.8, 4) is 5.88 Å². The number of nitrogens with zero attached hydrogens (tertiary/aromatic N) is 1. The Bertz CT molecular complexity index is 328. The second kappa shape index (κ2) is 5.98. The summed E-state index contributed by atoms with van der Waals surface area (Å²) in [5.74, 6) is 0.149. The van der Waals surface area contributed by atoms with E-state index in [1.54, 1.807) is 18.3 Å². The van der Waals surface area contributed by atoms with Gasteiger partial charge in [0.1, 0.15) is 5.56 Å². The Morgan fingerprint density at radius 1 is 1.67 bits per heavy atom. The maximum absolute atomic E-state index is 11.6. The molecule has 0 atom stereocenters. The van der Waals surface area contributed by atoms with Gasteiger partial charge in [-0.3, -0.25) is 4.79 Å². The van der Waals surface area contributed by atoms with Crippen LogP contribution in [0, 0.1) is 0 Å². The summed E-state index contributed by atoms with van der Waals surface area (Å²) in [6.45, 7) is 1.12. The average molecular weight is 209 g/mol.